The van der Waals surface area contributed by atoms with Gasteiger partial charge in [0.1, 0.15) is 24.7 Å². The lowest BCUT2D eigenvalue weighted by Gasteiger charge is -2.21. The Morgan fingerprint density at radius 3 is 2.05 bits per heavy atom. The standard InChI is InChI=1S/C20H27N4O11PS/c1-9-5-23(19(29)21-17(9)27)15-3-11(26)14(34-15)8-37-36(31,32)35-12-4-16(33-13(12)7-25)24-6-10(2)18(28)22-20(24)30/h5-6,11-16,25-26H,3-4,7-8H2,1-2H3,(H,31,32)(H,21,27,29)(H,22,28,30)/t11-,12-,13+,14+,15+,16+/m0/s1. The Hall–Kier alpha value is -2.30. The van der Waals surface area contributed by atoms with Crippen LogP contribution in [-0.4, -0.2) is 71.0 Å². The second-order valence-corrected chi connectivity index (χ2v) is 12.7. The molecule has 7 atom stereocenters. The lowest BCUT2D eigenvalue weighted by molar-refractivity contribution is -0.0426. The van der Waals surface area contributed by atoms with Gasteiger partial charge in [0.25, 0.3) is 11.1 Å². The number of nitrogens with one attached hydrogen (secondary N) is 2. The van der Waals surface area contributed by atoms with Crippen LogP contribution in [0, 0.1) is 13.8 Å². The van der Waals surface area contributed by atoms with E-state index in [1.165, 1.54) is 26.2 Å². The maximum absolute atomic E-state index is 12.8. The van der Waals surface area contributed by atoms with Crippen LogP contribution in [0.25, 0.3) is 0 Å². The van der Waals surface area contributed by atoms with E-state index in [1.54, 1.807) is 0 Å². The molecule has 0 saturated carbocycles. The maximum Gasteiger partial charge on any atom is 0.387 e. The minimum absolute atomic E-state index is 0.0191. The summed E-state index contributed by atoms with van der Waals surface area (Å²) in [7, 11) is 0. The van der Waals surface area contributed by atoms with E-state index in [9.17, 15) is 38.8 Å². The number of aliphatic hydroxyl groups excluding tert-OH is 2. The molecule has 2 aliphatic heterocycles. The summed E-state index contributed by atoms with van der Waals surface area (Å²) in [4.78, 5) is 62.2. The number of aromatic nitrogens is 4. The highest BCUT2D eigenvalue weighted by molar-refractivity contribution is 8.54. The van der Waals surface area contributed by atoms with Crippen LogP contribution in [0.4, 0.5) is 0 Å². The molecule has 2 saturated heterocycles. The molecule has 0 bridgehead atoms. The van der Waals surface area contributed by atoms with Gasteiger partial charge in [0.2, 0.25) is 0 Å². The SMILES string of the molecule is Cc1cn([C@H]2C[C@H](OP(=O)(O)SC[C@H]3O[C@@H](n4cc(C)c(=O)[nH]c4=O)C[C@@H]3O)[C@@H](CO)O2)c(=O)[nH]c1=O. The van der Waals surface area contributed by atoms with Crippen molar-refractivity contribution in [3.63, 3.8) is 0 Å². The first-order chi connectivity index (χ1) is 17.4. The molecule has 15 nitrogen and oxygen atoms in total. The van der Waals surface area contributed by atoms with Gasteiger partial charge in [-0.15, -0.1) is 0 Å². The normalized spacial score (nSPS) is 29.4. The van der Waals surface area contributed by atoms with Gasteiger partial charge in [-0.1, -0.05) is 0 Å². The number of nitrogens with zero attached hydrogens (tertiary/aromatic N) is 2. The van der Waals surface area contributed by atoms with Gasteiger partial charge < -0.3 is 24.6 Å². The third kappa shape index (κ3) is 6.07. The van der Waals surface area contributed by atoms with Crippen molar-refractivity contribution in [2.24, 2.45) is 0 Å². The average Bonchev–Trinajstić information content (AvgIpc) is 3.39. The fourth-order valence-electron chi connectivity index (χ4n) is 4.15. The van der Waals surface area contributed by atoms with Gasteiger partial charge in [0.15, 0.2) is 0 Å². The summed E-state index contributed by atoms with van der Waals surface area (Å²) in [6.07, 6.45) is -3.31. The van der Waals surface area contributed by atoms with Gasteiger partial charge in [0, 0.05) is 42.1 Å². The third-order valence-electron chi connectivity index (χ3n) is 6.15. The zero-order valence-electron chi connectivity index (χ0n) is 19.8. The second kappa shape index (κ2) is 10.8. The Morgan fingerprint density at radius 2 is 1.51 bits per heavy atom. The van der Waals surface area contributed by atoms with Crippen LogP contribution in [0.15, 0.2) is 31.6 Å². The molecule has 4 heterocycles. The van der Waals surface area contributed by atoms with Gasteiger partial charge in [-0.2, -0.15) is 0 Å². The Bertz CT molecular complexity index is 1430. The molecular weight excluding hydrogens is 535 g/mol. The number of hydrogen-bond donors (Lipinski definition) is 5. The number of aliphatic hydroxyl groups is 2. The van der Waals surface area contributed by atoms with Gasteiger partial charge in [0.05, 0.1) is 18.8 Å². The van der Waals surface area contributed by atoms with Crippen LogP contribution in [-0.2, 0) is 18.6 Å². The summed E-state index contributed by atoms with van der Waals surface area (Å²) in [5.41, 5.74) is -2.01. The van der Waals surface area contributed by atoms with E-state index >= 15 is 0 Å². The summed E-state index contributed by atoms with van der Waals surface area (Å²) < 4.78 is 31.8. The molecule has 17 heteroatoms. The minimum atomic E-state index is -4.36. The first-order valence-electron chi connectivity index (χ1n) is 11.3. The molecule has 4 rings (SSSR count). The highest BCUT2D eigenvalue weighted by atomic mass is 32.7. The molecule has 0 radical (unpaired) electrons. The van der Waals surface area contributed by atoms with Gasteiger partial charge in [-0.25, -0.2) is 14.2 Å². The van der Waals surface area contributed by atoms with Crippen molar-refractivity contribution in [1.29, 1.82) is 0 Å². The van der Waals surface area contributed by atoms with E-state index in [4.69, 9.17) is 14.0 Å². The second-order valence-electron chi connectivity index (χ2n) is 8.85. The van der Waals surface area contributed by atoms with Gasteiger partial charge in [-0.05, 0) is 25.2 Å². The van der Waals surface area contributed by atoms with E-state index in [0.717, 1.165) is 9.13 Å². The van der Waals surface area contributed by atoms with E-state index in [-0.39, 0.29) is 29.7 Å². The van der Waals surface area contributed by atoms with Crippen LogP contribution in [0.3, 0.4) is 0 Å². The number of rotatable bonds is 8. The molecule has 0 amide bonds. The first kappa shape index (κ1) is 27.7. The van der Waals surface area contributed by atoms with E-state index in [0.29, 0.717) is 11.4 Å². The fourth-order valence-corrected chi connectivity index (χ4v) is 6.93. The Balaban J connectivity index is 1.39. The molecule has 2 aromatic rings. The predicted octanol–water partition coefficient (Wildman–Crippen LogP) is -1.15. The number of H-pyrrole nitrogens is 2. The zero-order chi connectivity index (χ0) is 27.1. The van der Waals surface area contributed by atoms with Crippen LogP contribution in [0.2, 0.25) is 0 Å². The van der Waals surface area contributed by atoms with Gasteiger partial charge >= 0.3 is 18.2 Å². The molecule has 0 spiro atoms. The molecule has 1 unspecified atom stereocenters. The molecule has 5 N–H and O–H groups in total. The number of aromatic amines is 2. The highest BCUT2D eigenvalue weighted by Gasteiger charge is 2.43. The minimum Gasteiger partial charge on any atom is -0.394 e. The Labute approximate surface area is 212 Å². The van der Waals surface area contributed by atoms with Crippen molar-refractivity contribution in [3.05, 3.63) is 65.2 Å². The molecule has 37 heavy (non-hydrogen) atoms. The van der Waals surface area contributed by atoms with Crippen LogP contribution >= 0.6 is 18.2 Å². The van der Waals surface area contributed by atoms with E-state index in [1.807, 2.05) is 0 Å². The average molecular weight is 562 g/mol. The smallest absolute Gasteiger partial charge is 0.387 e. The Morgan fingerprint density at radius 1 is 1.00 bits per heavy atom. The number of hydrogen-bond acceptors (Lipinski definition) is 11. The molecule has 2 aromatic heterocycles. The summed E-state index contributed by atoms with van der Waals surface area (Å²) >= 11 is 0.496. The lowest BCUT2D eigenvalue weighted by atomic mass is 10.2. The topological polar surface area (TPSA) is 215 Å². The van der Waals surface area contributed by atoms with Crippen molar-refractivity contribution in [1.82, 2.24) is 19.1 Å². The monoisotopic (exact) mass is 562 g/mol. The van der Waals surface area contributed by atoms with Crippen molar-refractivity contribution >= 4 is 18.2 Å². The zero-order valence-corrected chi connectivity index (χ0v) is 21.5. The summed E-state index contributed by atoms with van der Waals surface area (Å²) in [5.74, 6) is -0.165. The molecule has 2 aliphatic rings. The fraction of sp³-hybridized carbons (Fsp3) is 0.600. The lowest BCUT2D eigenvalue weighted by Crippen LogP contribution is -2.33. The van der Waals surface area contributed by atoms with Crippen molar-refractivity contribution in [2.75, 3.05) is 12.4 Å². The highest BCUT2D eigenvalue weighted by Crippen LogP contribution is 2.59. The van der Waals surface area contributed by atoms with Crippen molar-refractivity contribution in [3.8, 4) is 0 Å². The van der Waals surface area contributed by atoms with Crippen LogP contribution < -0.4 is 22.5 Å². The summed E-state index contributed by atoms with van der Waals surface area (Å²) in [6, 6.07) is 0. The van der Waals surface area contributed by atoms with Crippen LogP contribution in [0.1, 0.15) is 36.4 Å². The van der Waals surface area contributed by atoms with Crippen molar-refractivity contribution < 1.29 is 33.7 Å². The molecule has 0 aromatic carbocycles. The molecule has 0 aliphatic carbocycles. The maximum atomic E-state index is 12.8. The largest absolute Gasteiger partial charge is 0.394 e. The number of ether oxygens (including phenoxy) is 2. The summed E-state index contributed by atoms with van der Waals surface area (Å²) in [6.45, 7) is -1.90. The molecule has 2 fully saturated rings. The quantitative estimate of drug-likeness (QED) is 0.241. The summed E-state index contributed by atoms with van der Waals surface area (Å²) in [5, 5.41) is 20.0. The number of aryl methyl sites for hydroxylation is 2. The van der Waals surface area contributed by atoms with Crippen molar-refractivity contribution in [2.45, 2.75) is 63.6 Å². The van der Waals surface area contributed by atoms with Crippen LogP contribution in [0.5, 0.6) is 0 Å². The first-order valence-corrected chi connectivity index (χ1v) is 14.4. The molecule has 204 valence electrons. The van der Waals surface area contributed by atoms with Gasteiger partial charge in [-0.3, -0.25) is 33.2 Å². The predicted molar refractivity (Wildman–Crippen MR) is 129 cm³/mol. The third-order valence-corrected chi connectivity index (χ3v) is 9.17. The Kier molecular flexibility index (Phi) is 8.11. The molecular formula is C20H27N4O11PS. The van der Waals surface area contributed by atoms with E-state index in [2.05, 4.69) is 9.97 Å². The van der Waals surface area contributed by atoms with E-state index < -0.39 is 72.8 Å².